The topological polar surface area (TPSA) is 51.2 Å². The Kier molecular flexibility index (Phi) is 5.81. The fraction of sp³-hybridized carbons (Fsp3) is 0.143. The van der Waals surface area contributed by atoms with E-state index in [1.807, 2.05) is 66.9 Å². The van der Waals surface area contributed by atoms with Gasteiger partial charge in [-0.05, 0) is 25.0 Å². The van der Waals surface area contributed by atoms with E-state index in [0.29, 0.717) is 17.3 Å². The number of nitrogens with one attached hydrogen (secondary N) is 1. The van der Waals surface area contributed by atoms with Gasteiger partial charge in [0.25, 0.3) is 5.91 Å². The summed E-state index contributed by atoms with van der Waals surface area (Å²) in [5.41, 5.74) is 4.09. The standard InChI is InChI=1S/C21H20N2O2S/c1-3-6-17-7-4-5-8-19(17)25-13-20(24)23-21-22-18(14-26-21)16-11-9-15(2)10-12-16/h3-5,7-12,14H,1,6,13H2,2H3,(H,22,23,24). The quantitative estimate of drug-likeness (QED) is 0.609. The summed E-state index contributed by atoms with van der Waals surface area (Å²) >= 11 is 1.40. The molecule has 0 atom stereocenters. The number of anilines is 1. The number of thiazole rings is 1. The lowest BCUT2D eigenvalue weighted by molar-refractivity contribution is -0.118. The zero-order chi connectivity index (χ0) is 18.4. The van der Waals surface area contributed by atoms with Crippen molar-refractivity contribution >= 4 is 22.4 Å². The van der Waals surface area contributed by atoms with Gasteiger partial charge in [-0.2, -0.15) is 0 Å². The van der Waals surface area contributed by atoms with Gasteiger partial charge in [0.1, 0.15) is 5.75 Å². The molecular weight excluding hydrogens is 344 g/mol. The molecule has 0 spiro atoms. The molecule has 1 heterocycles. The predicted octanol–water partition coefficient (Wildman–Crippen LogP) is 4.86. The second-order valence-electron chi connectivity index (χ2n) is 5.84. The Balaban J connectivity index is 1.59. The molecule has 1 amide bonds. The van der Waals surface area contributed by atoms with E-state index >= 15 is 0 Å². The number of carbonyl (C=O) groups excluding carboxylic acids is 1. The lowest BCUT2D eigenvalue weighted by atomic mass is 10.1. The van der Waals surface area contributed by atoms with Crippen LogP contribution in [0.4, 0.5) is 5.13 Å². The first kappa shape index (κ1) is 17.9. The summed E-state index contributed by atoms with van der Waals surface area (Å²) in [6.45, 7) is 5.72. The Morgan fingerprint density at radius 2 is 2.00 bits per heavy atom. The Hall–Kier alpha value is -2.92. The Bertz CT molecular complexity index is 900. The van der Waals surface area contributed by atoms with Crippen LogP contribution in [0, 0.1) is 6.92 Å². The highest BCUT2D eigenvalue weighted by Gasteiger charge is 2.10. The van der Waals surface area contributed by atoms with Crippen LogP contribution in [-0.4, -0.2) is 17.5 Å². The van der Waals surface area contributed by atoms with Crippen molar-refractivity contribution in [3.63, 3.8) is 0 Å². The van der Waals surface area contributed by atoms with Crippen molar-refractivity contribution in [2.45, 2.75) is 13.3 Å². The molecule has 0 radical (unpaired) electrons. The molecule has 0 aliphatic carbocycles. The van der Waals surface area contributed by atoms with Gasteiger partial charge in [0, 0.05) is 10.9 Å². The first-order valence-corrected chi connectivity index (χ1v) is 9.17. The highest BCUT2D eigenvalue weighted by atomic mass is 32.1. The van der Waals surface area contributed by atoms with E-state index in [9.17, 15) is 4.79 Å². The van der Waals surface area contributed by atoms with E-state index in [-0.39, 0.29) is 12.5 Å². The van der Waals surface area contributed by atoms with Gasteiger partial charge in [0.05, 0.1) is 5.69 Å². The average Bonchev–Trinajstić information content (AvgIpc) is 3.10. The van der Waals surface area contributed by atoms with Crippen LogP contribution in [-0.2, 0) is 11.2 Å². The number of nitrogens with zero attached hydrogens (tertiary/aromatic N) is 1. The van der Waals surface area contributed by atoms with E-state index in [2.05, 4.69) is 16.9 Å². The molecule has 0 saturated heterocycles. The predicted molar refractivity (Wildman–Crippen MR) is 107 cm³/mol. The van der Waals surface area contributed by atoms with E-state index in [0.717, 1.165) is 16.8 Å². The molecule has 0 aliphatic heterocycles. The van der Waals surface area contributed by atoms with Crippen LogP contribution in [0.1, 0.15) is 11.1 Å². The minimum atomic E-state index is -0.233. The molecule has 2 aromatic carbocycles. The number of amides is 1. The van der Waals surface area contributed by atoms with Crippen LogP contribution < -0.4 is 10.1 Å². The number of allylic oxidation sites excluding steroid dienone is 1. The fourth-order valence-electron chi connectivity index (χ4n) is 2.46. The van der Waals surface area contributed by atoms with Crippen molar-refractivity contribution in [3.8, 4) is 17.0 Å². The van der Waals surface area contributed by atoms with Gasteiger partial charge < -0.3 is 4.74 Å². The molecule has 132 valence electrons. The van der Waals surface area contributed by atoms with Crippen molar-refractivity contribution in [2.24, 2.45) is 0 Å². The highest BCUT2D eigenvalue weighted by Crippen LogP contribution is 2.25. The van der Waals surface area contributed by atoms with Crippen LogP contribution in [0.3, 0.4) is 0 Å². The number of benzene rings is 2. The second kappa shape index (κ2) is 8.45. The summed E-state index contributed by atoms with van der Waals surface area (Å²) in [6.07, 6.45) is 2.51. The molecule has 0 bridgehead atoms. The molecule has 0 saturated carbocycles. The van der Waals surface area contributed by atoms with Crippen LogP contribution in [0.15, 0.2) is 66.6 Å². The number of carbonyl (C=O) groups is 1. The highest BCUT2D eigenvalue weighted by molar-refractivity contribution is 7.14. The van der Waals surface area contributed by atoms with E-state index in [1.165, 1.54) is 16.9 Å². The van der Waals surface area contributed by atoms with Crippen molar-refractivity contribution in [3.05, 3.63) is 77.7 Å². The van der Waals surface area contributed by atoms with Crippen LogP contribution >= 0.6 is 11.3 Å². The van der Waals surface area contributed by atoms with E-state index in [1.54, 1.807) is 0 Å². The van der Waals surface area contributed by atoms with Crippen LogP contribution in [0.2, 0.25) is 0 Å². The Morgan fingerprint density at radius 1 is 1.23 bits per heavy atom. The Morgan fingerprint density at radius 3 is 2.77 bits per heavy atom. The zero-order valence-corrected chi connectivity index (χ0v) is 15.4. The molecule has 26 heavy (non-hydrogen) atoms. The molecule has 1 aromatic heterocycles. The van der Waals surface area contributed by atoms with Crippen molar-refractivity contribution in [1.29, 1.82) is 0 Å². The van der Waals surface area contributed by atoms with Gasteiger partial charge in [0.2, 0.25) is 0 Å². The summed E-state index contributed by atoms with van der Waals surface area (Å²) in [6, 6.07) is 15.8. The normalized spacial score (nSPS) is 10.3. The number of ether oxygens (including phenoxy) is 1. The zero-order valence-electron chi connectivity index (χ0n) is 14.6. The van der Waals surface area contributed by atoms with Crippen LogP contribution in [0.5, 0.6) is 5.75 Å². The third-order valence-corrected chi connectivity index (χ3v) is 4.55. The van der Waals surface area contributed by atoms with Crippen LogP contribution in [0.25, 0.3) is 11.3 Å². The molecule has 0 unspecified atom stereocenters. The van der Waals surface area contributed by atoms with Gasteiger partial charge >= 0.3 is 0 Å². The van der Waals surface area contributed by atoms with Gasteiger partial charge in [-0.25, -0.2) is 4.98 Å². The second-order valence-corrected chi connectivity index (χ2v) is 6.70. The summed E-state index contributed by atoms with van der Waals surface area (Å²) < 4.78 is 5.65. The smallest absolute Gasteiger partial charge is 0.264 e. The van der Waals surface area contributed by atoms with Crippen molar-refractivity contribution in [2.75, 3.05) is 11.9 Å². The number of rotatable bonds is 7. The molecule has 3 rings (SSSR count). The largest absolute Gasteiger partial charge is 0.483 e. The maximum absolute atomic E-state index is 12.2. The van der Waals surface area contributed by atoms with Crippen molar-refractivity contribution < 1.29 is 9.53 Å². The maximum Gasteiger partial charge on any atom is 0.264 e. The summed E-state index contributed by atoms with van der Waals surface area (Å²) in [4.78, 5) is 16.6. The van der Waals surface area contributed by atoms with Gasteiger partial charge in [-0.15, -0.1) is 17.9 Å². The lowest BCUT2D eigenvalue weighted by Gasteiger charge is -2.09. The molecule has 3 aromatic rings. The summed E-state index contributed by atoms with van der Waals surface area (Å²) in [5.74, 6) is 0.463. The van der Waals surface area contributed by atoms with Crippen molar-refractivity contribution in [1.82, 2.24) is 4.98 Å². The van der Waals surface area contributed by atoms with Gasteiger partial charge in [-0.3, -0.25) is 10.1 Å². The molecule has 5 heteroatoms. The van der Waals surface area contributed by atoms with Gasteiger partial charge in [-0.1, -0.05) is 54.1 Å². The third kappa shape index (κ3) is 4.58. The summed E-state index contributed by atoms with van der Waals surface area (Å²) in [7, 11) is 0. The average molecular weight is 364 g/mol. The monoisotopic (exact) mass is 364 g/mol. The fourth-order valence-corrected chi connectivity index (χ4v) is 3.19. The molecule has 4 nitrogen and oxygen atoms in total. The minimum absolute atomic E-state index is 0.0619. The third-order valence-electron chi connectivity index (χ3n) is 3.79. The first-order chi connectivity index (χ1) is 12.7. The SMILES string of the molecule is C=CCc1ccccc1OCC(=O)Nc1nc(-c2ccc(C)cc2)cs1. The maximum atomic E-state index is 12.2. The number of aromatic nitrogens is 1. The molecule has 1 N–H and O–H groups in total. The van der Waals surface area contributed by atoms with E-state index < -0.39 is 0 Å². The number of para-hydroxylation sites is 1. The molecule has 0 aliphatic rings. The van der Waals surface area contributed by atoms with E-state index in [4.69, 9.17) is 4.74 Å². The lowest BCUT2D eigenvalue weighted by Crippen LogP contribution is -2.20. The number of aryl methyl sites for hydroxylation is 1. The molecular formula is C21H20N2O2S. The Labute approximate surface area is 157 Å². The number of hydrogen-bond donors (Lipinski definition) is 1. The summed E-state index contributed by atoms with van der Waals surface area (Å²) in [5, 5.41) is 5.28. The first-order valence-electron chi connectivity index (χ1n) is 8.29. The number of hydrogen-bond acceptors (Lipinski definition) is 4. The van der Waals surface area contributed by atoms with Gasteiger partial charge in [0.15, 0.2) is 11.7 Å². The molecule has 0 fully saturated rings. The minimum Gasteiger partial charge on any atom is -0.483 e.